The number of hydrogen-bond acceptors (Lipinski definition) is 5. The number of nitrogens with zero attached hydrogens (tertiary/aromatic N) is 1. The van der Waals surface area contributed by atoms with Crippen LogP contribution >= 0.6 is 0 Å². The van der Waals surface area contributed by atoms with Crippen LogP contribution in [-0.2, 0) is 4.74 Å². The Hall–Kier alpha value is -3.94. The number of amides is 1. The van der Waals surface area contributed by atoms with Gasteiger partial charge in [-0.15, -0.1) is 0 Å². The second kappa shape index (κ2) is 11.4. The van der Waals surface area contributed by atoms with Gasteiger partial charge in [-0.3, -0.25) is 9.69 Å². The maximum Gasteiger partial charge on any atom is 0.255 e. The Morgan fingerprint density at radius 1 is 0.919 bits per heavy atom. The van der Waals surface area contributed by atoms with Crippen LogP contribution in [0.15, 0.2) is 78.9 Å². The van der Waals surface area contributed by atoms with Gasteiger partial charge in [0.2, 0.25) is 0 Å². The maximum atomic E-state index is 14.2. The number of rotatable bonds is 8. The van der Waals surface area contributed by atoms with E-state index in [9.17, 15) is 9.18 Å². The zero-order valence-electron chi connectivity index (χ0n) is 20.7. The predicted molar refractivity (Wildman–Crippen MR) is 143 cm³/mol. The molecule has 1 saturated heterocycles. The Morgan fingerprint density at radius 3 is 2.46 bits per heavy atom. The molecule has 0 unspecified atom stereocenters. The smallest absolute Gasteiger partial charge is 0.255 e. The molecule has 0 atom stereocenters. The molecule has 1 N–H and O–H groups in total. The molecule has 0 aliphatic carbocycles. The highest BCUT2D eigenvalue weighted by Gasteiger charge is 2.14. The average Bonchev–Trinajstić information content (AvgIpc) is 2.94. The summed E-state index contributed by atoms with van der Waals surface area (Å²) in [5, 5.41) is 4.87. The second-order valence-electron chi connectivity index (χ2n) is 8.84. The predicted octanol–water partition coefficient (Wildman–Crippen LogP) is 5.62. The zero-order valence-corrected chi connectivity index (χ0v) is 20.7. The van der Waals surface area contributed by atoms with Gasteiger partial charge >= 0.3 is 0 Å². The third-order valence-electron chi connectivity index (χ3n) is 6.51. The number of fused-ring (bicyclic) bond motifs is 1. The van der Waals surface area contributed by atoms with Crippen molar-refractivity contribution in [2.24, 2.45) is 0 Å². The SMILES string of the molecule is COc1ccc(-c2cccc(C(=O)Nc3ccc(OCCN4CCOCC4)c4ccccc34)c2)cc1F. The van der Waals surface area contributed by atoms with Crippen LogP contribution in [0.2, 0.25) is 0 Å². The van der Waals surface area contributed by atoms with E-state index in [1.54, 1.807) is 30.3 Å². The highest BCUT2D eigenvalue weighted by Crippen LogP contribution is 2.32. The molecule has 5 rings (SSSR count). The number of benzene rings is 4. The minimum Gasteiger partial charge on any atom is -0.494 e. The molecule has 1 heterocycles. The van der Waals surface area contributed by atoms with Gasteiger partial charge in [-0.1, -0.05) is 42.5 Å². The van der Waals surface area contributed by atoms with Gasteiger partial charge in [-0.25, -0.2) is 4.39 Å². The molecule has 190 valence electrons. The Labute approximate surface area is 215 Å². The van der Waals surface area contributed by atoms with E-state index in [2.05, 4.69) is 10.2 Å². The quantitative estimate of drug-likeness (QED) is 0.340. The normalized spacial score (nSPS) is 13.9. The summed E-state index contributed by atoms with van der Waals surface area (Å²) in [4.78, 5) is 15.5. The summed E-state index contributed by atoms with van der Waals surface area (Å²) in [6.07, 6.45) is 0. The summed E-state index contributed by atoms with van der Waals surface area (Å²) >= 11 is 0. The van der Waals surface area contributed by atoms with E-state index in [4.69, 9.17) is 14.2 Å². The van der Waals surface area contributed by atoms with Crippen molar-refractivity contribution in [3.05, 3.63) is 90.2 Å². The van der Waals surface area contributed by atoms with Crippen LogP contribution in [0.3, 0.4) is 0 Å². The standard InChI is InChI=1S/C30H29FN2O4/c1-35-29-11-9-22(20-26(29)31)21-5-4-6-23(19-21)30(34)32-27-10-12-28(25-8-3-2-7-24(25)27)37-18-15-33-13-16-36-17-14-33/h2-12,19-20H,13-18H2,1H3,(H,32,34). The molecule has 4 aromatic carbocycles. The van der Waals surface area contributed by atoms with Crippen molar-refractivity contribution in [2.75, 3.05) is 51.9 Å². The van der Waals surface area contributed by atoms with Crippen molar-refractivity contribution in [1.29, 1.82) is 0 Å². The lowest BCUT2D eigenvalue weighted by Crippen LogP contribution is -2.38. The van der Waals surface area contributed by atoms with E-state index in [1.807, 2.05) is 42.5 Å². The van der Waals surface area contributed by atoms with E-state index < -0.39 is 5.82 Å². The molecule has 4 aromatic rings. The number of anilines is 1. The van der Waals surface area contributed by atoms with Gasteiger partial charge in [-0.2, -0.15) is 0 Å². The number of ether oxygens (including phenoxy) is 3. The fourth-order valence-corrected chi connectivity index (χ4v) is 4.50. The fourth-order valence-electron chi connectivity index (χ4n) is 4.50. The van der Waals surface area contributed by atoms with Crippen molar-refractivity contribution >= 4 is 22.4 Å². The Kier molecular flexibility index (Phi) is 7.63. The number of carbonyl (C=O) groups excluding carboxylic acids is 1. The highest BCUT2D eigenvalue weighted by molar-refractivity contribution is 6.10. The lowest BCUT2D eigenvalue weighted by molar-refractivity contribution is 0.0323. The molecule has 0 bridgehead atoms. The molecule has 0 spiro atoms. The molecule has 6 nitrogen and oxygen atoms in total. The summed E-state index contributed by atoms with van der Waals surface area (Å²) in [5.74, 6) is 0.263. The van der Waals surface area contributed by atoms with Crippen LogP contribution in [0.25, 0.3) is 21.9 Å². The number of hydrogen-bond donors (Lipinski definition) is 1. The summed E-state index contributed by atoms with van der Waals surface area (Å²) < 4.78 is 30.7. The Morgan fingerprint density at radius 2 is 1.68 bits per heavy atom. The molecule has 0 saturated carbocycles. The van der Waals surface area contributed by atoms with Gasteiger partial charge < -0.3 is 19.5 Å². The van der Waals surface area contributed by atoms with Crippen molar-refractivity contribution < 1.29 is 23.4 Å². The molecular weight excluding hydrogens is 471 g/mol. The van der Waals surface area contributed by atoms with Gasteiger partial charge in [0.1, 0.15) is 12.4 Å². The largest absolute Gasteiger partial charge is 0.494 e. The minimum absolute atomic E-state index is 0.179. The van der Waals surface area contributed by atoms with Crippen molar-refractivity contribution in [3.8, 4) is 22.6 Å². The summed E-state index contributed by atoms with van der Waals surface area (Å²) in [6, 6.07) is 23.5. The maximum absolute atomic E-state index is 14.2. The van der Waals surface area contributed by atoms with E-state index >= 15 is 0 Å². The monoisotopic (exact) mass is 500 g/mol. The van der Waals surface area contributed by atoms with E-state index in [1.165, 1.54) is 13.2 Å². The van der Waals surface area contributed by atoms with Crippen LogP contribution in [0.5, 0.6) is 11.5 Å². The minimum atomic E-state index is -0.450. The van der Waals surface area contributed by atoms with Gasteiger partial charge in [0.05, 0.1) is 20.3 Å². The van der Waals surface area contributed by atoms with Crippen molar-refractivity contribution in [2.45, 2.75) is 0 Å². The van der Waals surface area contributed by atoms with Crippen LogP contribution in [0, 0.1) is 5.82 Å². The number of nitrogens with one attached hydrogen (secondary N) is 1. The summed E-state index contributed by atoms with van der Waals surface area (Å²) in [6.45, 7) is 4.78. The Bertz CT molecular complexity index is 1400. The van der Waals surface area contributed by atoms with Crippen LogP contribution < -0.4 is 14.8 Å². The van der Waals surface area contributed by atoms with E-state index in [0.29, 0.717) is 23.4 Å². The molecule has 1 aliphatic rings. The molecule has 1 fully saturated rings. The number of carbonyl (C=O) groups is 1. The first-order valence-electron chi connectivity index (χ1n) is 12.3. The lowest BCUT2D eigenvalue weighted by Gasteiger charge is -2.26. The highest BCUT2D eigenvalue weighted by atomic mass is 19.1. The Balaban J connectivity index is 1.32. The van der Waals surface area contributed by atoms with Crippen molar-refractivity contribution in [1.82, 2.24) is 4.90 Å². The van der Waals surface area contributed by atoms with Gasteiger partial charge in [0, 0.05) is 41.7 Å². The first-order chi connectivity index (χ1) is 18.1. The first kappa shape index (κ1) is 24.7. The molecule has 7 heteroatoms. The van der Waals surface area contributed by atoms with Gasteiger partial charge in [0.15, 0.2) is 11.6 Å². The lowest BCUT2D eigenvalue weighted by atomic mass is 10.0. The molecule has 1 amide bonds. The molecule has 1 aliphatic heterocycles. The number of halogens is 1. The first-order valence-corrected chi connectivity index (χ1v) is 12.3. The zero-order chi connectivity index (χ0) is 25.6. The summed E-state index contributed by atoms with van der Waals surface area (Å²) in [5.41, 5.74) is 2.57. The average molecular weight is 501 g/mol. The summed E-state index contributed by atoms with van der Waals surface area (Å²) in [7, 11) is 1.43. The molecule has 0 aromatic heterocycles. The molecular formula is C30H29FN2O4. The second-order valence-corrected chi connectivity index (χ2v) is 8.84. The van der Waals surface area contributed by atoms with Crippen LogP contribution in [0.1, 0.15) is 10.4 Å². The van der Waals surface area contributed by atoms with Crippen LogP contribution in [-0.4, -0.2) is 57.4 Å². The van der Waals surface area contributed by atoms with Crippen molar-refractivity contribution in [3.63, 3.8) is 0 Å². The van der Waals surface area contributed by atoms with Gasteiger partial charge in [-0.05, 0) is 47.5 Å². The van der Waals surface area contributed by atoms with E-state index in [-0.39, 0.29) is 11.7 Å². The molecule has 0 radical (unpaired) electrons. The molecule has 37 heavy (non-hydrogen) atoms. The fraction of sp³-hybridized carbons (Fsp3) is 0.233. The third-order valence-corrected chi connectivity index (χ3v) is 6.51. The number of morpholine rings is 1. The van der Waals surface area contributed by atoms with Crippen LogP contribution in [0.4, 0.5) is 10.1 Å². The van der Waals surface area contributed by atoms with Gasteiger partial charge in [0.25, 0.3) is 5.91 Å². The topological polar surface area (TPSA) is 60.0 Å². The number of methoxy groups -OCH3 is 1. The van der Waals surface area contributed by atoms with E-state index in [0.717, 1.165) is 54.9 Å². The third kappa shape index (κ3) is 5.74.